The maximum atomic E-state index is 13.9. The summed E-state index contributed by atoms with van der Waals surface area (Å²) in [6.45, 7) is 2.39. The molecule has 7 heteroatoms. The second-order valence-corrected chi connectivity index (χ2v) is 7.30. The van der Waals surface area contributed by atoms with Gasteiger partial charge in [-0.2, -0.15) is 4.98 Å². The van der Waals surface area contributed by atoms with Crippen molar-refractivity contribution in [2.75, 3.05) is 25.0 Å². The van der Waals surface area contributed by atoms with Crippen molar-refractivity contribution in [2.45, 2.75) is 6.54 Å². The Bertz CT molecular complexity index is 965. The lowest BCUT2D eigenvalue weighted by Gasteiger charge is -2.25. The van der Waals surface area contributed by atoms with Crippen LogP contribution in [-0.2, 0) is 6.54 Å². The second kappa shape index (κ2) is 6.52. The highest BCUT2D eigenvalue weighted by Crippen LogP contribution is 2.37. The van der Waals surface area contributed by atoms with Crippen LogP contribution in [0.1, 0.15) is 5.56 Å². The first kappa shape index (κ1) is 16.7. The van der Waals surface area contributed by atoms with Gasteiger partial charge in [0.15, 0.2) is 0 Å². The van der Waals surface area contributed by atoms with Gasteiger partial charge in [0.25, 0.3) is 0 Å². The maximum absolute atomic E-state index is 13.9. The number of nitrogens with zero attached hydrogens (tertiary/aromatic N) is 4. The Labute approximate surface area is 158 Å². The molecule has 0 aliphatic carbocycles. The average Bonchev–Trinajstić information content (AvgIpc) is 2.74. The second-order valence-electron chi connectivity index (χ2n) is 6.10. The zero-order chi connectivity index (χ0) is 17.6. The molecule has 0 fully saturated rings. The lowest BCUT2D eigenvalue weighted by Crippen LogP contribution is -2.27. The van der Waals surface area contributed by atoms with Gasteiger partial charge in [0.2, 0.25) is 5.28 Å². The van der Waals surface area contributed by atoms with Crippen molar-refractivity contribution >= 4 is 49.9 Å². The Balaban J connectivity index is 1.97. The first-order valence-corrected chi connectivity index (χ1v) is 9.06. The number of aromatic nitrogens is 2. The van der Waals surface area contributed by atoms with E-state index < -0.39 is 0 Å². The number of anilines is 2. The molecular weight excluding hydrogens is 407 g/mol. The predicted molar refractivity (Wildman–Crippen MR) is 102 cm³/mol. The van der Waals surface area contributed by atoms with Gasteiger partial charge in [0.05, 0.1) is 5.52 Å². The van der Waals surface area contributed by atoms with E-state index in [4.69, 9.17) is 11.6 Å². The van der Waals surface area contributed by atoms with Crippen molar-refractivity contribution < 1.29 is 4.39 Å². The van der Waals surface area contributed by atoms with Crippen LogP contribution < -0.4 is 4.90 Å². The molecule has 0 radical (unpaired) electrons. The van der Waals surface area contributed by atoms with Crippen LogP contribution in [0.2, 0.25) is 5.28 Å². The highest BCUT2D eigenvalue weighted by Gasteiger charge is 2.24. The number of rotatable bonds is 1. The monoisotopic (exact) mass is 420 g/mol. The molecule has 1 aliphatic heterocycles. The molecule has 0 spiro atoms. The van der Waals surface area contributed by atoms with Crippen molar-refractivity contribution in [1.29, 1.82) is 0 Å². The Hall–Kier alpha value is -1.76. The third-order valence-electron chi connectivity index (χ3n) is 4.38. The molecule has 3 aromatic rings. The van der Waals surface area contributed by atoms with E-state index in [0.29, 0.717) is 16.7 Å². The van der Waals surface area contributed by atoms with Crippen LogP contribution in [0.15, 0.2) is 40.9 Å². The number of likely N-dealkylation sites (N-methyl/N-ethyl adjacent to an activating group) is 1. The molecule has 2 aromatic carbocycles. The number of benzene rings is 2. The molecule has 0 amide bonds. The summed E-state index contributed by atoms with van der Waals surface area (Å²) in [5.74, 6) is 0.310. The van der Waals surface area contributed by atoms with Gasteiger partial charge in [-0.25, -0.2) is 9.37 Å². The molecule has 0 atom stereocenters. The quantitative estimate of drug-likeness (QED) is 0.530. The van der Waals surface area contributed by atoms with Crippen molar-refractivity contribution in [3.63, 3.8) is 0 Å². The van der Waals surface area contributed by atoms with Gasteiger partial charge in [-0.05, 0) is 49.0 Å². The molecule has 0 N–H and O–H groups in total. The zero-order valence-corrected chi connectivity index (χ0v) is 15.9. The molecule has 0 saturated heterocycles. The summed E-state index contributed by atoms with van der Waals surface area (Å²) in [4.78, 5) is 13.0. The van der Waals surface area contributed by atoms with Crippen LogP contribution in [0, 0.1) is 5.82 Å². The van der Waals surface area contributed by atoms with E-state index in [9.17, 15) is 4.39 Å². The summed E-state index contributed by atoms with van der Waals surface area (Å²) in [7, 11) is 2.08. The molecular formula is C18H15BrClFN4. The molecule has 1 aliphatic rings. The first-order chi connectivity index (χ1) is 12.0. The highest BCUT2D eigenvalue weighted by molar-refractivity contribution is 9.10. The maximum Gasteiger partial charge on any atom is 0.224 e. The Morgan fingerprint density at radius 2 is 2.00 bits per heavy atom. The van der Waals surface area contributed by atoms with Crippen molar-refractivity contribution in [3.05, 3.63) is 57.5 Å². The van der Waals surface area contributed by atoms with Gasteiger partial charge in [0.1, 0.15) is 11.6 Å². The zero-order valence-electron chi connectivity index (χ0n) is 13.5. The Morgan fingerprint density at radius 1 is 1.16 bits per heavy atom. The fourth-order valence-electron chi connectivity index (χ4n) is 3.18. The van der Waals surface area contributed by atoms with Crippen LogP contribution in [0.3, 0.4) is 0 Å². The molecule has 128 valence electrons. The molecule has 0 unspecified atom stereocenters. The minimum Gasteiger partial charge on any atom is -0.324 e. The summed E-state index contributed by atoms with van der Waals surface area (Å²) in [5.41, 5.74) is 2.84. The SMILES string of the molecule is CN1CCN(c2nc(Cl)nc3ccc(F)cc23)c2cccc(Br)c2C1. The summed E-state index contributed by atoms with van der Waals surface area (Å²) in [5, 5.41) is 0.808. The molecule has 4 rings (SSSR count). The van der Waals surface area contributed by atoms with Gasteiger partial charge in [-0.15, -0.1) is 0 Å². The number of hydrogen-bond donors (Lipinski definition) is 0. The van der Waals surface area contributed by atoms with Crippen LogP contribution in [0.4, 0.5) is 15.9 Å². The van der Waals surface area contributed by atoms with Gasteiger partial charge >= 0.3 is 0 Å². The standard InChI is InChI=1S/C18H15BrClFN4/c1-24-7-8-25(16-4-2-3-14(19)13(16)10-24)17-12-9-11(21)5-6-15(12)22-18(20)23-17/h2-6,9H,7-8,10H2,1H3. The normalized spacial score (nSPS) is 15.3. The van der Waals surface area contributed by atoms with E-state index in [1.54, 1.807) is 6.07 Å². The summed E-state index contributed by atoms with van der Waals surface area (Å²) in [6.07, 6.45) is 0. The molecule has 0 saturated carbocycles. The summed E-state index contributed by atoms with van der Waals surface area (Å²) >= 11 is 9.80. The van der Waals surface area contributed by atoms with Gasteiger partial charge in [-0.1, -0.05) is 22.0 Å². The summed E-state index contributed by atoms with van der Waals surface area (Å²) < 4.78 is 14.9. The van der Waals surface area contributed by atoms with E-state index in [1.165, 1.54) is 17.7 Å². The number of hydrogen-bond acceptors (Lipinski definition) is 4. The molecule has 4 nitrogen and oxygen atoms in total. The minimum atomic E-state index is -0.318. The van der Waals surface area contributed by atoms with Crippen molar-refractivity contribution in [3.8, 4) is 0 Å². The predicted octanol–water partition coefficient (Wildman–Crippen LogP) is 4.77. The fraction of sp³-hybridized carbons (Fsp3) is 0.222. The minimum absolute atomic E-state index is 0.156. The lowest BCUT2D eigenvalue weighted by atomic mass is 10.1. The topological polar surface area (TPSA) is 32.3 Å². The van der Waals surface area contributed by atoms with E-state index in [1.807, 2.05) is 12.1 Å². The van der Waals surface area contributed by atoms with Crippen LogP contribution in [0.5, 0.6) is 0 Å². The molecule has 1 aromatic heterocycles. The number of fused-ring (bicyclic) bond motifs is 2. The lowest BCUT2D eigenvalue weighted by molar-refractivity contribution is 0.343. The van der Waals surface area contributed by atoms with Crippen molar-refractivity contribution in [1.82, 2.24) is 14.9 Å². The molecule has 0 bridgehead atoms. The van der Waals surface area contributed by atoms with E-state index in [-0.39, 0.29) is 11.1 Å². The molecule has 2 heterocycles. The third kappa shape index (κ3) is 3.10. The third-order valence-corrected chi connectivity index (χ3v) is 5.30. The van der Waals surface area contributed by atoms with Gasteiger partial charge in [-0.3, -0.25) is 0 Å². The fourth-order valence-corrected chi connectivity index (χ4v) is 3.83. The van der Waals surface area contributed by atoms with E-state index in [0.717, 1.165) is 29.8 Å². The van der Waals surface area contributed by atoms with Crippen LogP contribution >= 0.6 is 27.5 Å². The highest BCUT2D eigenvalue weighted by atomic mass is 79.9. The van der Waals surface area contributed by atoms with E-state index >= 15 is 0 Å². The largest absolute Gasteiger partial charge is 0.324 e. The summed E-state index contributed by atoms with van der Waals surface area (Å²) in [6, 6.07) is 10.6. The number of halogens is 3. The average molecular weight is 422 g/mol. The first-order valence-electron chi connectivity index (χ1n) is 7.89. The Kier molecular flexibility index (Phi) is 4.35. The van der Waals surface area contributed by atoms with Crippen LogP contribution in [0.25, 0.3) is 10.9 Å². The Morgan fingerprint density at radius 3 is 2.84 bits per heavy atom. The van der Waals surface area contributed by atoms with Crippen LogP contribution in [-0.4, -0.2) is 35.0 Å². The smallest absolute Gasteiger partial charge is 0.224 e. The molecule has 25 heavy (non-hydrogen) atoms. The van der Waals surface area contributed by atoms with Gasteiger partial charge in [0, 0.05) is 40.7 Å². The van der Waals surface area contributed by atoms with Gasteiger partial charge < -0.3 is 9.80 Å². The van der Waals surface area contributed by atoms with E-state index in [2.05, 4.69) is 48.8 Å². The van der Waals surface area contributed by atoms with Crippen molar-refractivity contribution in [2.24, 2.45) is 0 Å².